The Labute approximate surface area is 231 Å². The third-order valence-electron chi connectivity index (χ3n) is 9.03. The molecule has 1 aromatic heterocycles. The number of phenols is 1. The first-order valence-electron chi connectivity index (χ1n) is 12.4. The number of aldehydes is 1. The Hall–Kier alpha value is -1.65. The first-order valence-corrected chi connectivity index (χ1v) is 14.8. The maximum Gasteiger partial charge on any atom is 0.226 e. The highest BCUT2D eigenvalue weighted by Crippen LogP contribution is 2.66. The molecule has 36 heavy (non-hydrogen) atoms. The van der Waals surface area contributed by atoms with Crippen molar-refractivity contribution in [3.63, 3.8) is 0 Å². The fourth-order valence-electron chi connectivity index (χ4n) is 7.61. The second kappa shape index (κ2) is 9.91. The van der Waals surface area contributed by atoms with Gasteiger partial charge in [-0.1, -0.05) is 12.1 Å². The summed E-state index contributed by atoms with van der Waals surface area (Å²) in [5, 5.41) is 17.4. The number of carbonyl (C=O) groups excluding carboxylic acids is 2. The van der Waals surface area contributed by atoms with Gasteiger partial charge in [0.05, 0.1) is 8.95 Å². The number of benzene rings is 1. The number of fused-ring (bicyclic) bond motifs is 5. The molecule has 0 radical (unpaired) electrons. The first kappa shape index (κ1) is 26.0. The van der Waals surface area contributed by atoms with Crippen molar-refractivity contribution in [2.45, 2.75) is 64.3 Å². The van der Waals surface area contributed by atoms with Crippen molar-refractivity contribution in [3.8, 4) is 5.75 Å². The van der Waals surface area contributed by atoms with Crippen LogP contribution >= 0.6 is 43.2 Å². The van der Waals surface area contributed by atoms with E-state index < -0.39 is 12.0 Å². The number of aryl methyl sites for hydroxylation is 1. The molecule has 1 amide bonds. The monoisotopic (exact) mass is 637 g/mol. The molecule has 2 saturated carbocycles. The Kier molecular flexibility index (Phi) is 7.15. The van der Waals surface area contributed by atoms with E-state index in [1.165, 1.54) is 16.9 Å². The van der Waals surface area contributed by atoms with Crippen LogP contribution in [0.5, 0.6) is 5.75 Å². The summed E-state index contributed by atoms with van der Waals surface area (Å²) in [6.07, 6.45) is 6.88. The van der Waals surface area contributed by atoms with E-state index in [4.69, 9.17) is 0 Å². The Bertz CT molecular complexity index is 1220. The molecule has 0 saturated heterocycles. The van der Waals surface area contributed by atoms with Gasteiger partial charge < -0.3 is 15.2 Å². The highest BCUT2D eigenvalue weighted by molar-refractivity contribution is 9.11. The lowest BCUT2D eigenvalue weighted by molar-refractivity contribution is -0.117. The van der Waals surface area contributed by atoms with Gasteiger partial charge in [0.1, 0.15) is 18.1 Å². The summed E-state index contributed by atoms with van der Waals surface area (Å²) < 4.78 is 1.41. The number of hydrogen-bond donors (Lipinski definition) is 2. The number of amides is 1. The maximum absolute atomic E-state index is 12.8. The predicted molar refractivity (Wildman–Crippen MR) is 146 cm³/mol. The number of nitrogens with zero attached hydrogens (tertiary/aromatic N) is 2. The molecule has 7 nitrogen and oxygen atoms in total. The number of hydrogen-bond acceptors (Lipinski definition) is 7. The van der Waals surface area contributed by atoms with Crippen molar-refractivity contribution in [1.29, 1.82) is 0 Å². The van der Waals surface area contributed by atoms with Gasteiger partial charge >= 0.3 is 0 Å². The van der Waals surface area contributed by atoms with E-state index in [0.29, 0.717) is 16.0 Å². The van der Waals surface area contributed by atoms with Crippen molar-refractivity contribution in [3.05, 3.63) is 42.1 Å². The number of aromatic hydroxyl groups is 1. The van der Waals surface area contributed by atoms with Crippen LogP contribution in [-0.2, 0) is 16.0 Å². The number of anilines is 1. The minimum atomic E-state index is -0.574. The minimum Gasteiger partial charge on any atom is -0.506 e. The van der Waals surface area contributed by atoms with Crippen molar-refractivity contribution < 1.29 is 14.7 Å². The van der Waals surface area contributed by atoms with E-state index in [9.17, 15) is 19.6 Å². The number of phenolic OH excluding ortho intramolecular Hbond substituents is 1. The third kappa shape index (κ3) is 4.17. The summed E-state index contributed by atoms with van der Waals surface area (Å²) in [6, 6.07) is 1.46. The molecule has 1 aromatic carbocycles. The maximum atomic E-state index is 12.8. The molecule has 2 aromatic rings. The summed E-state index contributed by atoms with van der Waals surface area (Å²) in [6.45, 7) is 4.07. The van der Waals surface area contributed by atoms with Crippen molar-refractivity contribution in [1.82, 2.24) is 4.98 Å². The molecule has 0 spiro atoms. The molecule has 0 aliphatic heterocycles. The smallest absolute Gasteiger partial charge is 0.226 e. The second-order valence-corrected chi connectivity index (χ2v) is 13.6. The van der Waals surface area contributed by atoms with Crippen molar-refractivity contribution >= 4 is 60.5 Å². The fourth-order valence-corrected chi connectivity index (χ4v) is 9.64. The Balaban J connectivity index is 1.45. The van der Waals surface area contributed by atoms with Gasteiger partial charge in [0.2, 0.25) is 5.91 Å². The average molecular weight is 639 g/mol. The Morgan fingerprint density at radius 2 is 2.17 bits per heavy atom. The lowest BCUT2D eigenvalue weighted by Crippen LogP contribution is -2.45. The van der Waals surface area contributed by atoms with Crippen molar-refractivity contribution in [2.24, 2.45) is 34.3 Å². The molecule has 1 heterocycles. The van der Waals surface area contributed by atoms with E-state index in [0.717, 1.165) is 46.9 Å². The van der Waals surface area contributed by atoms with Gasteiger partial charge in [-0.15, -0.1) is 11.3 Å². The summed E-state index contributed by atoms with van der Waals surface area (Å²) in [5.41, 5.74) is 2.00. The van der Waals surface area contributed by atoms with E-state index in [1.807, 2.05) is 13.0 Å². The fraction of sp³-hybridized carbons (Fsp3) is 0.577. The van der Waals surface area contributed by atoms with Crippen molar-refractivity contribution in [2.75, 3.05) is 5.32 Å². The van der Waals surface area contributed by atoms with Crippen LogP contribution in [0, 0.1) is 40.9 Å². The highest BCUT2D eigenvalue weighted by Gasteiger charge is 2.63. The van der Waals surface area contributed by atoms with Gasteiger partial charge in [-0.2, -0.15) is 4.91 Å². The zero-order valence-electron chi connectivity index (χ0n) is 20.2. The normalized spacial score (nSPS) is 32.8. The molecule has 5 rings (SSSR count). The van der Waals surface area contributed by atoms with Gasteiger partial charge in [-0.3, -0.25) is 4.79 Å². The number of nitrogens with one attached hydrogen (secondary N) is 1. The Morgan fingerprint density at radius 3 is 2.83 bits per heavy atom. The molecule has 7 atom stereocenters. The van der Waals surface area contributed by atoms with Crippen LogP contribution in [-0.4, -0.2) is 28.3 Å². The topological polar surface area (TPSA) is 109 Å². The molecule has 2 N–H and O–H groups in total. The standard InChI is InChI=1S/C26H29Br2N3O4S/c1-12-10-29-25(36-12)30-20(33)6-5-15-18(11-32)24(31-35)26(2)8-7-13-14(21(15)26)3-4-16-17(13)9-19(27)23(34)22(16)28/h9-11,13-15,18,21,24,34H,3-8H2,1-2H3,(H,29,30,33). The van der Waals surface area contributed by atoms with Gasteiger partial charge in [0.15, 0.2) is 5.13 Å². The van der Waals surface area contributed by atoms with Crippen LogP contribution in [0.2, 0.25) is 0 Å². The first-order chi connectivity index (χ1) is 17.2. The summed E-state index contributed by atoms with van der Waals surface area (Å²) in [5.74, 6) is 0.199. The molecule has 7 unspecified atom stereocenters. The SMILES string of the molecule is Cc1cnc(NC(=O)CCC2C(C=O)C(N=O)C3(C)CCC4c5cc(Br)c(O)c(Br)c5CCC4C23)s1. The van der Waals surface area contributed by atoms with E-state index in [2.05, 4.69) is 54.3 Å². The van der Waals surface area contributed by atoms with Crippen LogP contribution in [0.15, 0.2) is 26.4 Å². The molecule has 10 heteroatoms. The van der Waals surface area contributed by atoms with Gasteiger partial charge in [-0.25, -0.2) is 4.98 Å². The van der Waals surface area contributed by atoms with Crippen LogP contribution in [0.4, 0.5) is 5.13 Å². The van der Waals surface area contributed by atoms with Crippen LogP contribution < -0.4 is 5.32 Å². The number of rotatable bonds is 6. The largest absolute Gasteiger partial charge is 0.506 e. The zero-order valence-corrected chi connectivity index (χ0v) is 24.2. The van der Waals surface area contributed by atoms with Crippen LogP contribution in [0.3, 0.4) is 0 Å². The molecular formula is C26H29Br2N3O4S. The van der Waals surface area contributed by atoms with E-state index in [-0.39, 0.29) is 47.2 Å². The Morgan fingerprint density at radius 1 is 1.39 bits per heavy atom. The number of carbonyl (C=O) groups is 2. The third-order valence-corrected chi connectivity index (χ3v) is 11.3. The quantitative estimate of drug-likeness (QED) is 0.269. The number of aromatic nitrogens is 1. The summed E-state index contributed by atoms with van der Waals surface area (Å²) >= 11 is 8.52. The van der Waals surface area contributed by atoms with Gasteiger partial charge in [0, 0.05) is 23.4 Å². The summed E-state index contributed by atoms with van der Waals surface area (Å²) in [4.78, 5) is 42.5. The average Bonchev–Trinajstić information content (AvgIpc) is 3.37. The summed E-state index contributed by atoms with van der Waals surface area (Å²) in [7, 11) is 0. The van der Waals surface area contributed by atoms with Gasteiger partial charge in [0.25, 0.3) is 0 Å². The van der Waals surface area contributed by atoms with E-state index in [1.54, 1.807) is 6.20 Å². The van der Waals surface area contributed by atoms with Crippen LogP contribution in [0.1, 0.15) is 60.9 Å². The second-order valence-electron chi connectivity index (χ2n) is 10.8. The molecular weight excluding hydrogens is 610 g/mol. The molecule has 192 valence electrons. The zero-order chi connectivity index (χ0) is 25.8. The minimum absolute atomic E-state index is 0.0858. The predicted octanol–water partition coefficient (Wildman–Crippen LogP) is 6.74. The molecule has 3 aliphatic carbocycles. The highest BCUT2D eigenvalue weighted by atomic mass is 79.9. The van der Waals surface area contributed by atoms with Gasteiger partial charge in [-0.05, 0) is 117 Å². The number of nitroso groups, excluding NO2 is 1. The molecule has 3 aliphatic rings. The lowest BCUT2D eigenvalue weighted by Gasteiger charge is -2.51. The molecule has 0 bridgehead atoms. The number of thiazole rings is 1. The van der Waals surface area contributed by atoms with E-state index >= 15 is 0 Å². The molecule has 2 fully saturated rings. The number of halogens is 2. The lowest BCUT2D eigenvalue weighted by atomic mass is 9.53. The van der Waals surface area contributed by atoms with Crippen LogP contribution in [0.25, 0.3) is 0 Å².